The molecule has 1 saturated heterocycles. The van der Waals surface area contributed by atoms with Gasteiger partial charge in [-0.05, 0) is 31.2 Å². The van der Waals surface area contributed by atoms with Gasteiger partial charge in [0.1, 0.15) is 23.4 Å². The summed E-state index contributed by atoms with van der Waals surface area (Å²) in [4.78, 5) is 42.9. The van der Waals surface area contributed by atoms with Crippen LogP contribution in [0.3, 0.4) is 0 Å². The molecule has 3 amide bonds. The first-order valence-corrected chi connectivity index (χ1v) is 9.90. The molecule has 2 heterocycles. The van der Waals surface area contributed by atoms with Gasteiger partial charge in [0, 0.05) is 31.7 Å². The molecule has 1 fully saturated rings. The van der Waals surface area contributed by atoms with E-state index in [1.54, 1.807) is 0 Å². The quantitative estimate of drug-likeness (QED) is 0.561. The predicted molar refractivity (Wildman–Crippen MR) is 112 cm³/mol. The van der Waals surface area contributed by atoms with Gasteiger partial charge >= 0.3 is 12.3 Å². The summed E-state index contributed by atoms with van der Waals surface area (Å²) in [6.45, 7) is 0.649. The van der Waals surface area contributed by atoms with Gasteiger partial charge in [-0.15, -0.1) is 0 Å². The van der Waals surface area contributed by atoms with Gasteiger partial charge in [-0.1, -0.05) is 6.07 Å². The summed E-state index contributed by atoms with van der Waals surface area (Å²) in [5.41, 5.74) is -1.86. The number of carboxylic acid groups (broad SMARTS) is 1. The number of anilines is 3. The Balaban J connectivity index is 2.07. The number of aliphatic hydroxyl groups excluding tert-OH is 1. The molecule has 182 valence electrons. The SMILES string of the molecule is Cc1cc(C(F)(F)F)cc(N2C(=O)C[C@H](CO)[C@H]2C(=O)N(C)c2cccc(F)c2NC(=O)O)n1. The largest absolute Gasteiger partial charge is 0.465 e. The summed E-state index contributed by atoms with van der Waals surface area (Å²) in [6.07, 6.45) is -6.68. The number of amides is 3. The number of aromatic nitrogens is 1. The lowest BCUT2D eigenvalue weighted by molar-refractivity contribution is -0.137. The van der Waals surface area contributed by atoms with Crippen LogP contribution in [0.5, 0.6) is 0 Å². The van der Waals surface area contributed by atoms with Gasteiger partial charge in [0.05, 0.1) is 11.3 Å². The number of aliphatic hydroxyl groups is 1. The highest BCUT2D eigenvalue weighted by Gasteiger charge is 2.47. The highest BCUT2D eigenvalue weighted by molar-refractivity contribution is 6.09. The Morgan fingerprint density at radius 1 is 1.29 bits per heavy atom. The Labute approximate surface area is 190 Å². The number of nitrogens with zero attached hydrogens (tertiary/aromatic N) is 3. The van der Waals surface area contributed by atoms with E-state index in [9.17, 15) is 37.1 Å². The molecule has 2 atom stereocenters. The molecule has 0 bridgehead atoms. The van der Waals surface area contributed by atoms with Crippen molar-refractivity contribution in [2.75, 3.05) is 28.8 Å². The maximum Gasteiger partial charge on any atom is 0.416 e. The molecule has 34 heavy (non-hydrogen) atoms. The van der Waals surface area contributed by atoms with Crippen LogP contribution < -0.4 is 15.1 Å². The molecule has 0 unspecified atom stereocenters. The number of likely N-dealkylation sites (N-methyl/N-ethyl adjacent to an activating group) is 1. The zero-order valence-electron chi connectivity index (χ0n) is 17.9. The lowest BCUT2D eigenvalue weighted by Gasteiger charge is -2.31. The molecule has 1 aliphatic rings. The summed E-state index contributed by atoms with van der Waals surface area (Å²) in [7, 11) is 1.18. The number of rotatable bonds is 5. The fourth-order valence-electron chi connectivity index (χ4n) is 3.83. The first kappa shape index (κ1) is 24.9. The van der Waals surface area contributed by atoms with Crippen LogP contribution in [0, 0.1) is 18.7 Å². The molecular weight excluding hydrogens is 464 g/mol. The van der Waals surface area contributed by atoms with Crippen LogP contribution in [-0.2, 0) is 15.8 Å². The molecule has 1 aliphatic heterocycles. The number of hydrogen-bond acceptors (Lipinski definition) is 5. The second kappa shape index (κ2) is 9.25. The lowest BCUT2D eigenvalue weighted by atomic mass is 9.99. The smallest absolute Gasteiger partial charge is 0.416 e. The number of carbonyl (C=O) groups is 3. The van der Waals surface area contributed by atoms with Gasteiger partial charge in [0.2, 0.25) is 11.8 Å². The summed E-state index contributed by atoms with van der Waals surface area (Å²) in [5, 5.41) is 20.6. The van der Waals surface area contributed by atoms with E-state index in [1.165, 1.54) is 26.1 Å². The Bertz CT molecular complexity index is 1140. The predicted octanol–water partition coefficient (Wildman–Crippen LogP) is 3.01. The minimum Gasteiger partial charge on any atom is -0.465 e. The molecule has 13 heteroatoms. The number of nitrogens with one attached hydrogen (secondary N) is 1. The van der Waals surface area contributed by atoms with Gasteiger partial charge in [0.15, 0.2) is 0 Å². The van der Waals surface area contributed by atoms with Crippen LogP contribution in [0.1, 0.15) is 17.7 Å². The third-order valence-corrected chi connectivity index (χ3v) is 5.35. The molecule has 3 rings (SSSR count). The minimum absolute atomic E-state index is 0.0531. The molecule has 1 aromatic carbocycles. The van der Waals surface area contributed by atoms with Crippen molar-refractivity contribution < 1.29 is 42.2 Å². The van der Waals surface area contributed by atoms with Gasteiger partial charge in [-0.25, -0.2) is 14.2 Å². The highest BCUT2D eigenvalue weighted by Crippen LogP contribution is 2.37. The van der Waals surface area contributed by atoms with Crippen molar-refractivity contribution >= 4 is 35.1 Å². The van der Waals surface area contributed by atoms with Crippen molar-refractivity contribution in [3.05, 3.63) is 47.4 Å². The van der Waals surface area contributed by atoms with Crippen molar-refractivity contribution in [1.29, 1.82) is 0 Å². The highest BCUT2D eigenvalue weighted by atomic mass is 19.4. The normalized spacial score (nSPS) is 18.2. The molecule has 1 aromatic heterocycles. The summed E-state index contributed by atoms with van der Waals surface area (Å²) in [5.74, 6) is -4.03. The van der Waals surface area contributed by atoms with Gasteiger partial charge < -0.3 is 15.1 Å². The molecule has 0 spiro atoms. The van der Waals surface area contributed by atoms with E-state index in [2.05, 4.69) is 4.98 Å². The summed E-state index contributed by atoms with van der Waals surface area (Å²) < 4.78 is 54.3. The Morgan fingerprint density at radius 3 is 2.56 bits per heavy atom. The van der Waals surface area contributed by atoms with E-state index in [0.29, 0.717) is 6.07 Å². The van der Waals surface area contributed by atoms with Crippen LogP contribution in [0.2, 0.25) is 0 Å². The maximum absolute atomic E-state index is 14.3. The van der Waals surface area contributed by atoms with Gasteiger partial charge in [-0.3, -0.25) is 19.8 Å². The van der Waals surface area contributed by atoms with E-state index in [-0.39, 0.29) is 17.8 Å². The van der Waals surface area contributed by atoms with Crippen LogP contribution in [0.25, 0.3) is 0 Å². The topological polar surface area (TPSA) is 123 Å². The Kier molecular flexibility index (Phi) is 6.77. The Morgan fingerprint density at radius 2 is 1.97 bits per heavy atom. The average Bonchev–Trinajstić information content (AvgIpc) is 3.09. The van der Waals surface area contributed by atoms with Crippen molar-refractivity contribution in [2.24, 2.45) is 5.92 Å². The first-order valence-electron chi connectivity index (χ1n) is 9.90. The lowest BCUT2D eigenvalue weighted by Crippen LogP contribution is -2.49. The number of benzene rings is 1. The van der Waals surface area contributed by atoms with Crippen LogP contribution >= 0.6 is 0 Å². The van der Waals surface area contributed by atoms with E-state index in [1.807, 2.05) is 5.32 Å². The molecule has 0 saturated carbocycles. The molecule has 0 aliphatic carbocycles. The van der Waals surface area contributed by atoms with Crippen molar-refractivity contribution in [1.82, 2.24) is 4.98 Å². The first-order chi connectivity index (χ1) is 15.8. The second-order valence-corrected chi connectivity index (χ2v) is 7.67. The monoisotopic (exact) mass is 484 g/mol. The molecule has 3 N–H and O–H groups in total. The summed E-state index contributed by atoms with van der Waals surface area (Å²) >= 11 is 0. The maximum atomic E-state index is 14.3. The van der Waals surface area contributed by atoms with Crippen molar-refractivity contribution in [3.8, 4) is 0 Å². The van der Waals surface area contributed by atoms with E-state index < -0.39 is 65.5 Å². The number of alkyl halides is 3. The Hall–Kier alpha value is -3.74. The molecule has 0 radical (unpaired) electrons. The van der Waals surface area contributed by atoms with Crippen molar-refractivity contribution in [2.45, 2.75) is 25.6 Å². The van der Waals surface area contributed by atoms with Crippen molar-refractivity contribution in [3.63, 3.8) is 0 Å². The molecule has 2 aromatic rings. The third kappa shape index (κ3) is 4.78. The molecule has 9 nitrogen and oxygen atoms in total. The standard InChI is InChI=1S/C21H20F4N4O5/c1-10-6-12(21(23,24)25)8-15(26-10)29-16(31)7-11(9-30)18(29)19(32)28(2)14-5-3-4-13(22)17(14)27-20(33)34/h3-6,8,11,18,27,30H,7,9H2,1-2H3,(H,33,34)/t11-,18+/m1/s1. The zero-order valence-corrected chi connectivity index (χ0v) is 17.9. The van der Waals surface area contributed by atoms with E-state index in [0.717, 1.165) is 21.9 Å². The average molecular weight is 484 g/mol. The number of pyridine rings is 1. The second-order valence-electron chi connectivity index (χ2n) is 7.67. The number of halogens is 4. The van der Waals surface area contributed by atoms with Crippen LogP contribution in [0.15, 0.2) is 30.3 Å². The van der Waals surface area contributed by atoms with E-state index >= 15 is 0 Å². The summed E-state index contributed by atoms with van der Waals surface area (Å²) in [6, 6.07) is 3.37. The minimum atomic E-state index is -4.74. The molecular formula is C21H20F4N4O5. The van der Waals surface area contributed by atoms with Gasteiger partial charge in [-0.2, -0.15) is 13.2 Å². The van der Waals surface area contributed by atoms with E-state index in [4.69, 9.17) is 5.11 Å². The van der Waals surface area contributed by atoms with Crippen LogP contribution in [-0.4, -0.2) is 52.8 Å². The fourth-order valence-corrected chi connectivity index (χ4v) is 3.83. The third-order valence-electron chi connectivity index (χ3n) is 5.35. The van der Waals surface area contributed by atoms with Crippen LogP contribution in [0.4, 0.5) is 39.5 Å². The zero-order chi connectivity index (χ0) is 25.4. The number of carbonyl (C=O) groups excluding carboxylic acids is 2. The fraction of sp³-hybridized carbons (Fsp3) is 0.333. The number of aryl methyl sites for hydroxylation is 1. The van der Waals surface area contributed by atoms with Gasteiger partial charge in [0.25, 0.3) is 0 Å². The number of para-hydroxylation sites is 1. The number of hydrogen-bond donors (Lipinski definition) is 3.